The molecule has 0 bridgehead atoms. The highest BCUT2D eigenvalue weighted by molar-refractivity contribution is 7.89. The summed E-state index contributed by atoms with van der Waals surface area (Å²) in [6, 6.07) is 1.40. The molecule has 2 fully saturated rings. The monoisotopic (exact) mass is 581 g/mol. The minimum Gasteiger partial charge on any atom is -0.383 e. The molecular formula is C20H23ClF3N7O4S2. The minimum absolute atomic E-state index is 0.0325. The standard InChI is InChI=1S/C20H23ClF3N7O4S2/c1-34-7-11-5-30(3-2-25-11)13-4-12(37(32,33)29-20(8-22)9-35-10-20)6-31-14(13)15(21)26-17(31)19-28-27-18(36-19)16(23)24/h4,6,11,16,25,29H,2-3,5,7-10H2,1H3. The number of ether oxygens (including phenoxy) is 2. The van der Waals surface area contributed by atoms with Gasteiger partial charge in [-0.25, -0.2) is 26.6 Å². The molecule has 1 atom stereocenters. The lowest BCUT2D eigenvalue weighted by Crippen LogP contribution is -2.63. The van der Waals surface area contributed by atoms with Crippen molar-refractivity contribution in [1.29, 1.82) is 0 Å². The van der Waals surface area contributed by atoms with Crippen LogP contribution < -0.4 is 14.9 Å². The van der Waals surface area contributed by atoms with Gasteiger partial charge in [-0.15, -0.1) is 10.2 Å². The fourth-order valence-electron chi connectivity index (χ4n) is 4.29. The van der Waals surface area contributed by atoms with Crippen molar-refractivity contribution < 1.29 is 31.1 Å². The molecule has 0 aliphatic carbocycles. The highest BCUT2D eigenvalue weighted by Crippen LogP contribution is 2.37. The highest BCUT2D eigenvalue weighted by Gasteiger charge is 2.43. The fourth-order valence-corrected chi connectivity index (χ4v) is 6.62. The number of anilines is 1. The molecule has 2 N–H and O–H groups in total. The maximum Gasteiger partial charge on any atom is 0.291 e. The lowest BCUT2D eigenvalue weighted by molar-refractivity contribution is -0.0725. The average Bonchev–Trinajstić information content (AvgIpc) is 3.47. The molecule has 2 aliphatic heterocycles. The molecule has 3 aromatic rings. The number of fused-ring (bicyclic) bond motifs is 1. The Balaban J connectivity index is 1.66. The molecule has 5 heterocycles. The Morgan fingerprint density at radius 3 is 2.81 bits per heavy atom. The SMILES string of the molecule is COCC1CN(c2cc(S(=O)(=O)NC3(CF)COC3)cn3c(-c4nnc(C(F)F)s4)nc(Cl)c23)CCN1. The van der Waals surface area contributed by atoms with Crippen LogP contribution in [0.4, 0.5) is 18.9 Å². The number of piperazine rings is 1. The van der Waals surface area contributed by atoms with E-state index < -0.39 is 33.7 Å². The predicted molar refractivity (Wildman–Crippen MR) is 130 cm³/mol. The van der Waals surface area contributed by atoms with E-state index in [1.165, 1.54) is 16.7 Å². The Morgan fingerprint density at radius 2 is 2.19 bits per heavy atom. The quantitative estimate of drug-likeness (QED) is 0.390. The topological polar surface area (TPSA) is 123 Å². The minimum atomic E-state index is -4.25. The summed E-state index contributed by atoms with van der Waals surface area (Å²) in [6.45, 7) is 0.847. The maximum absolute atomic E-state index is 13.7. The third-order valence-corrected chi connectivity index (χ3v) is 8.84. The first-order chi connectivity index (χ1) is 17.7. The molecule has 5 rings (SSSR count). The van der Waals surface area contributed by atoms with E-state index in [1.807, 2.05) is 4.90 Å². The van der Waals surface area contributed by atoms with Crippen LogP contribution in [0.3, 0.4) is 0 Å². The summed E-state index contributed by atoms with van der Waals surface area (Å²) in [4.78, 5) is 6.06. The van der Waals surface area contributed by atoms with Gasteiger partial charge in [-0.1, -0.05) is 22.9 Å². The van der Waals surface area contributed by atoms with Crippen LogP contribution >= 0.6 is 22.9 Å². The van der Waals surface area contributed by atoms with Gasteiger partial charge in [-0.2, -0.15) is 4.72 Å². The Morgan fingerprint density at radius 1 is 1.41 bits per heavy atom. The summed E-state index contributed by atoms with van der Waals surface area (Å²) in [5, 5.41) is 10.2. The van der Waals surface area contributed by atoms with Crippen molar-refractivity contribution in [2.75, 3.05) is 58.1 Å². The zero-order valence-electron chi connectivity index (χ0n) is 19.5. The first kappa shape index (κ1) is 26.5. The van der Waals surface area contributed by atoms with Crippen molar-refractivity contribution >= 4 is 44.2 Å². The molecule has 0 aromatic carbocycles. The molecule has 0 saturated carbocycles. The molecule has 2 saturated heterocycles. The Hall–Kier alpha value is -2.08. The summed E-state index contributed by atoms with van der Waals surface area (Å²) in [5.74, 6) is 0.0541. The van der Waals surface area contributed by atoms with Crippen LogP contribution in [0.2, 0.25) is 5.15 Å². The molecule has 202 valence electrons. The second-order valence-corrected chi connectivity index (χ2v) is 11.9. The lowest BCUT2D eigenvalue weighted by atomic mass is 10.0. The van der Waals surface area contributed by atoms with Gasteiger partial charge in [0.25, 0.3) is 6.43 Å². The van der Waals surface area contributed by atoms with E-state index in [-0.39, 0.29) is 40.1 Å². The summed E-state index contributed by atoms with van der Waals surface area (Å²) in [7, 11) is -2.66. The highest BCUT2D eigenvalue weighted by atomic mass is 35.5. The summed E-state index contributed by atoms with van der Waals surface area (Å²) in [6.07, 6.45) is -1.57. The summed E-state index contributed by atoms with van der Waals surface area (Å²) < 4.78 is 81.0. The number of aromatic nitrogens is 4. The van der Waals surface area contributed by atoms with Gasteiger partial charge < -0.3 is 19.7 Å². The number of nitrogens with zero attached hydrogens (tertiary/aromatic N) is 5. The van der Waals surface area contributed by atoms with E-state index in [1.54, 1.807) is 7.11 Å². The van der Waals surface area contributed by atoms with Crippen molar-refractivity contribution in [3.63, 3.8) is 0 Å². The molecule has 0 spiro atoms. The van der Waals surface area contributed by atoms with Gasteiger partial charge >= 0.3 is 0 Å². The Labute approximate surface area is 219 Å². The van der Waals surface area contributed by atoms with Crippen molar-refractivity contribution in [3.8, 4) is 10.8 Å². The van der Waals surface area contributed by atoms with Crippen LogP contribution in [0.25, 0.3) is 16.3 Å². The largest absolute Gasteiger partial charge is 0.383 e. The first-order valence-corrected chi connectivity index (χ1v) is 13.8. The molecule has 0 amide bonds. The number of rotatable bonds is 9. The smallest absolute Gasteiger partial charge is 0.291 e. The van der Waals surface area contributed by atoms with Gasteiger partial charge in [0.2, 0.25) is 10.0 Å². The number of sulfonamides is 1. The molecule has 0 radical (unpaired) electrons. The van der Waals surface area contributed by atoms with Crippen molar-refractivity contribution in [1.82, 2.24) is 29.6 Å². The third-order valence-electron chi connectivity index (χ3n) is 6.10. The van der Waals surface area contributed by atoms with Gasteiger partial charge in [-0.05, 0) is 6.07 Å². The Bertz CT molecular complexity index is 1390. The second kappa shape index (κ2) is 10.2. The average molecular weight is 582 g/mol. The number of nitrogens with one attached hydrogen (secondary N) is 2. The lowest BCUT2D eigenvalue weighted by Gasteiger charge is -2.39. The maximum atomic E-state index is 13.7. The van der Waals surface area contributed by atoms with E-state index in [4.69, 9.17) is 21.1 Å². The van der Waals surface area contributed by atoms with Crippen LogP contribution in [0.15, 0.2) is 17.2 Å². The van der Waals surface area contributed by atoms with Crippen molar-refractivity contribution in [2.45, 2.75) is 22.9 Å². The molecule has 11 nitrogen and oxygen atoms in total. The summed E-state index contributed by atoms with van der Waals surface area (Å²) >= 11 is 7.15. The van der Waals surface area contributed by atoms with Gasteiger partial charge in [0, 0.05) is 39.0 Å². The Kier molecular flexibility index (Phi) is 7.34. The van der Waals surface area contributed by atoms with Gasteiger partial charge in [-0.3, -0.25) is 4.40 Å². The van der Waals surface area contributed by atoms with E-state index in [0.717, 1.165) is 0 Å². The molecule has 17 heteroatoms. The number of pyridine rings is 1. The van der Waals surface area contributed by atoms with E-state index in [9.17, 15) is 21.6 Å². The van der Waals surface area contributed by atoms with Crippen molar-refractivity contribution in [2.24, 2.45) is 0 Å². The molecule has 2 aliphatic rings. The first-order valence-electron chi connectivity index (χ1n) is 11.1. The number of alkyl halides is 3. The van der Waals surface area contributed by atoms with Crippen LogP contribution in [0.1, 0.15) is 11.4 Å². The fraction of sp³-hybridized carbons (Fsp3) is 0.550. The third kappa shape index (κ3) is 5.03. The van der Waals surface area contributed by atoms with Crippen LogP contribution in [-0.2, 0) is 19.5 Å². The van der Waals surface area contributed by atoms with Crippen LogP contribution in [0, 0.1) is 0 Å². The molecular weight excluding hydrogens is 559 g/mol. The van der Waals surface area contributed by atoms with E-state index in [2.05, 4.69) is 25.2 Å². The molecule has 37 heavy (non-hydrogen) atoms. The van der Waals surface area contributed by atoms with Crippen LogP contribution in [-0.4, -0.2) is 92.8 Å². The predicted octanol–water partition coefficient (Wildman–Crippen LogP) is 1.89. The second-order valence-electron chi connectivity index (χ2n) is 8.82. The molecule has 1 unspecified atom stereocenters. The normalized spacial score (nSPS) is 20.1. The van der Waals surface area contributed by atoms with Gasteiger partial charge in [0.15, 0.2) is 21.0 Å². The number of hydrogen-bond donors (Lipinski definition) is 2. The van der Waals surface area contributed by atoms with Gasteiger partial charge in [0.05, 0.1) is 25.5 Å². The van der Waals surface area contributed by atoms with Crippen LogP contribution in [0.5, 0.6) is 0 Å². The van der Waals surface area contributed by atoms with E-state index in [0.29, 0.717) is 48.8 Å². The zero-order valence-corrected chi connectivity index (χ0v) is 21.8. The van der Waals surface area contributed by atoms with Crippen molar-refractivity contribution in [3.05, 3.63) is 22.4 Å². The zero-order chi connectivity index (χ0) is 26.4. The number of halogens is 4. The summed E-state index contributed by atoms with van der Waals surface area (Å²) in [5.41, 5.74) is -0.533. The number of hydrogen-bond acceptors (Lipinski definition) is 10. The van der Waals surface area contributed by atoms with E-state index >= 15 is 0 Å². The van der Waals surface area contributed by atoms with Gasteiger partial charge in [0.1, 0.15) is 22.6 Å². The number of methoxy groups -OCH3 is 1. The number of imidazole rings is 1. The molecule has 3 aromatic heterocycles.